The highest BCUT2D eigenvalue weighted by Gasteiger charge is 2.14. The second-order valence-electron chi connectivity index (χ2n) is 5.07. The molecule has 0 bridgehead atoms. The van der Waals surface area contributed by atoms with Gasteiger partial charge in [-0.25, -0.2) is 0 Å². The number of benzene rings is 3. The van der Waals surface area contributed by atoms with Crippen LogP contribution in [-0.4, -0.2) is 11.9 Å². The SMILES string of the molecule is C=O.CCc1c(O)ccc(-c2ccccc2)c1-c1ccccc1. The molecule has 0 unspecified atom stereocenters. The standard InChI is InChI=1S/C20H18O.CH2O/c1-2-17-19(21)14-13-18(15-9-5-3-6-10-15)20(17)16-11-7-4-8-12-16;1-2/h3-14,21H,2H2,1H3;1H2. The number of aromatic hydroxyl groups is 1. The van der Waals surface area contributed by atoms with E-state index in [0.717, 1.165) is 28.7 Å². The predicted molar refractivity (Wildman–Crippen MR) is 95.5 cm³/mol. The lowest BCUT2D eigenvalue weighted by Crippen LogP contribution is -1.93. The van der Waals surface area contributed by atoms with E-state index >= 15 is 0 Å². The van der Waals surface area contributed by atoms with Gasteiger partial charge in [0.1, 0.15) is 12.5 Å². The van der Waals surface area contributed by atoms with Crippen LogP contribution in [0.1, 0.15) is 12.5 Å². The highest BCUT2D eigenvalue weighted by atomic mass is 16.3. The Morgan fingerprint density at radius 1 is 0.783 bits per heavy atom. The molecule has 1 N–H and O–H groups in total. The number of rotatable bonds is 3. The predicted octanol–water partition coefficient (Wildman–Crippen LogP) is 5.10. The van der Waals surface area contributed by atoms with Gasteiger partial charge in [0.25, 0.3) is 0 Å². The number of carbonyl (C=O) groups excluding carboxylic acids is 1. The topological polar surface area (TPSA) is 37.3 Å². The molecule has 0 saturated heterocycles. The zero-order valence-corrected chi connectivity index (χ0v) is 13.2. The molecule has 3 aromatic rings. The Labute approximate surface area is 137 Å². The molecule has 0 saturated carbocycles. The number of carbonyl (C=O) groups is 1. The van der Waals surface area contributed by atoms with E-state index in [1.54, 1.807) is 6.07 Å². The van der Waals surface area contributed by atoms with Crippen molar-refractivity contribution in [3.8, 4) is 28.0 Å². The Bertz CT molecular complexity index is 750. The van der Waals surface area contributed by atoms with Crippen LogP contribution in [0.3, 0.4) is 0 Å². The Balaban J connectivity index is 0.000000924. The van der Waals surface area contributed by atoms with Crippen molar-refractivity contribution >= 4 is 6.79 Å². The third-order valence-corrected chi connectivity index (χ3v) is 3.79. The van der Waals surface area contributed by atoms with Crippen molar-refractivity contribution in [1.82, 2.24) is 0 Å². The third kappa shape index (κ3) is 3.49. The molecule has 0 amide bonds. The maximum atomic E-state index is 10.2. The highest BCUT2D eigenvalue weighted by Crippen LogP contribution is 2.39. The monoisotopic (exact) mass is 304 g/mol. The van der Waals surface area contributed by atoms with E-state index < -0.39 is 0 Å². The molecular formula is C21H20O2. The van der Waals surface area contributed by atoms with Crippen molar-refractivity contribution in [2.24, 2.45) is 0 Å². The molecule has 0 fully saturated rings. The molecule has 0 aliphatic heterocycles. The number of phenolic OH excluding ortho intramolecular Hbond substituents is 1. The summed E-state index contributed by atoms with van der Waals surface area (Å²) in [7, 11) is 0. The van der Waals surface area contributed by atoms with Crippen LogP contribution in [-0.2, 0) is 11.2 Å². The van der Waals surface area contributed by atoms with E-state index in [0.29, 0.717) is 5.75 Å². The zero-order valence-electron chi connectivity index (χ0n) is 13.2. The molecule has 2 nitrogen and oxygen atoms in total. The lowest BCUT2D eigenvalue weighted by molar-refractivity contribution is -0.0979. The highest BCUT2D eigenvalue weighted by molar-refractivity contribution is 5.87. The summed E-state index contributed by atoms with van der Waals surface area (Å²) in [5.41, 5.74) is 5.61. The van der Waals surface area contributed by atoms with E-state index in [2.05, 4.69) is 31.2 Å². The van der Waals surface area contributed by atoms with Gasteiger partial charge in [0.05, 0.1) is 0 Å². The zero-order chi connectivity index (χ0) is 16.7. The van der Waals surface area contributed by atoms with Crippen molar-refractivity contribution < 1.29 is 9.90 Å². The maximum absolute atomic E-state index is 10.2. The van der Waals surface area contributed by atoms with Crippen molar-refractivity contribution in [2.45, 2.75) is 13.3 Å². The first-order chi connectivity index (χ1) is 11.3. The average Bonchev–Trinajstić information content (AvgIpc) is 2.64. The van der Waals surface area contributed by atoms with Crippen molar-refractivity contribution in [1.29, 1.82) is 0 Å². The van der Waals surface area contributed by atoms with Gasteiger partial charge in [-0.2, -0.15) is 0 Å². The molecule has 0 radical (unpaired) electrons. The summed E-state index contributed by atoms with van der Waals surface area (Å²) < 4.78 is 0. The van der Waals surface area contributed by atoms with Gasteiger partial charge in [-0.15, -0.1) is 0 Å². The van der Waals surface area contributed by atoms with E-state index in [1.165, 1.54) is 5.56 Å². The largest absolute Gasteiger partial charge is 0.508 e. The van der Waals surface area contributed by atoms with Crippen LogP contribution >= 0.6 is 0 Å². The molecule has 3 rings (SSSR count). The minimum Gasteiger partial charge on any atom is -0.508 e. The second-order valence-corrected chi connectivity index (χ2v) is 5.07. The molecule has 0 heterocycles. The quantitative estimate of drug-likeness (QED) is 0.730. The van der Waals surface area contributed by atoms with Gasteiger partial charge in [-0.05, 0) is 34.7 Å². The number of hydrogen-bond donors (Lipinski definition) is 1. The lowest BCUT2D eigenvalue weighted by Gasteiger charge is -2.16. The molecule has 0 atom stereocenters. The van der Waals surface area contributed by atoms with Gasteiger partial charge < -0.3 is 9.90 Å². The summed E-state index contributed by atoms with van der Waals surface area (Å²) in [5, 5.41) is 10.2. The molecule has 116 valence electrons. The molecule has 3 aromatic carbocycles. The van der Waals surface area contributed by atoms with E-state index in [4.69, 9.17) is 4.79 Å². The molecule has 2 heteroatoms. The lowest BCUT2D eigenvalue weighted by atomic mass is 9.89. The van der Waals surface area contributed by atoms with Crippen LogP contribution in [0.4, 0.5) is 0 Å². The van der Waals surface area contributed by atoms with Crippen LogP contribution in [0, 0.1) is 0 Å². The Morgan fingerprint density at radius 3 is 1.83 bits per heavy atom. The first kappa shape index (κ1) is 16.5. The number of phenols is 1. The summed E-state index contributed by atoms with van der Waals surface area (Å²) in [6.45, 7) is 4.08. The fraction of sp³-hybridized carbons (Fsp3) is 0.0952. The molecule has 0 spiro atoms. The van der Waals surface area contributed by atoms with E-state index in [9.17, 15) is 5.11 Å². The smallest absolute Gasteiger partial charge is 0.119 e. The maximum Gasteiger partial charge on any atom is 0.119 e. The Hall–Kier alpha value is -2.87. The van der Waals surface area contributed by atoms with Crippen LogP contribution < -0.4 is 0 Å². The minimum atomic E-state index is 0.371. The Kier molecular flexibility index (Phi) is 5.70. The summed E-state index contributed by atoms with van der Waals surface area (Å²) in [6, 6.07) is 24.4. The minimum absolute atomic E-state index is 0.371. The molecular weight excluding hydrogens is 284 g/mol. The van der Waals surface area contributed by atoms with Gasteiger partial charge in [-0.1, -0.05) is 73.7 Å². The second kappa shape index (κ2) is 7.95. The normalized spacial score (nSPS) is 9.78. The van der Waals surface area contributed by atoms with Crippen molar-refractivity contribution in [2.75, 3.05) is 0 Å². The summed E-state index contributed by atoms with van der Waals surface area (Å²) in [6.07, 6.45) is 0.802. The molecule has 0 aromatic heterocycles. The summed E-state index contributed by atoms with van der Waals surface area (Å²) in [5.74, 6) is 0.371. The Morgan fingerprint density at radius 2 is 1.30 bits per heavy atom. The van der Waals surface area contributed by atoms with Crippen LogP contribution in [0.15, 0.2) is 72.8 Å². The first-order valence-electron chi connectivity index (χ1n) is 7.55. The average molecular weight is 304 g/mol. The van der Waals surface area contributed by atoms with Gasteiger partial charge in [0.15, 0.2) is 0 Å². The first-order valence-corrected chi connectivity index (χ1v) is 7.55. The van der Waals surface area contributed by atoms with Gasteiger partial charge in [-0.3, -0.25) is 0 Å². The van der Waals surface area contributed by atoms with Gasteiger partial charge in [0, 0.05) is 5.56 Å². The third-order valence-electron chi connectivity index (χ3n) is 3.79. The fourth-order valence-electron chi connectivity index (χ4n) is 2.79. The molecule has 0 aliphatic rings. The van der Waals surface area contributed by atoms with Crippen LogP contribution in [0.2, 0.25) is 0 Å². The van der Waals surface area contributed by atoms with Crippen LogP contribution in [0.25, 0.3) is 22.3 Å². The summed E-state index contributed by atoms with van der Waals surface area (Å²) in [4.78, 5) is 8.00. The van der Waals surface area contributed by atoms with E-state index in [-0.39, 0.29) is 0 Å². The molecule has 0 aliphatic carbocycles. The van der Waals surface area contributed by atoms with Crippen molar-refractivity contribution in [3.05, 3.63) is 78.4 Å². The van der Waals surface area contributed by atoms with Gasteiger partial charge >= 0.3 is 0 Å². The van der Waals surface area contributed by atoms with Crippen LogP contribution in [0.5, 0.6) is 5.75 Å². The van der Waals surface area contributed by atoms with Gasteiger partial charge in [0.2, 0.25) is 0 Å². The molecule has 23 heavy (non-hydrogen) atoms. The summed E-state index contributed by atoms with van der Waals surface area (Å²) >= 11 is 0. The fourth-order valence-corrected chi connectivity index (χ4v) is 2.79. The van der Waals surface area contributed by atoms with E-state index in [1.807, 2.05) is 49.3 Å². The van der Waals surface area contributed by atoms with Crippen molar-refractivity contribution in [3.63, 3.8) is 0 Å². The number of hydrogen-bond acceptors (Lipinski definition) is 2.